The molecule has 0 saturated heterocycles. The maximum Gasteiger partial charge on any atom is 0.337 e. The fourth-order valence-electron chi connectivity index (χ4n) is 4.83. The number of para-hydroxylation sites is 1. The molecule has 2 N–H and O–H groups in total. The van der Waals surface area contributed by atoms with Crippen LogP contribution in [0, 0.1) is 6.92 Å². The van der Waals surface area contributed by atoms with Crippen LogP contribution in [0.15, 0.2) is 89.4 Å². The zero-order valence-corrected chi connectivity index (χ0v) is 22.2. The molecule has 1 aliphatic carbocycles. The molecule has 0 amide bonds. The van der Waals surface area contributed by atoms with Crippen LogP contribution in [-0.2, 0) is 4.74 Å². The minimum Gasteiger partial charge on any atom is -0.497 e. The number of aromatic carboxylic acids is 1. The van der Waals surface area contributed by atoms with Gasteiger partial charge in [0.1, 0.15) is 17.3 Å². The molecule has 0 saturated carbocycles. The molecule has 5 heteroatoms. The van der Waals surface area contributed by atoms with Gasteiger partial charge in [0.15, 0.2) is 0 Å². The van der Waals surface area contributed by atoms with E-state index in [2.05, 4.69) is 56.4 Å². The van der Waals surface area contributed by atoms with Crippen LogP contribution < -0.4 is 10.1 Å². The first kappa shape index (κ1) is 26.1. The van der Waals surface area contributed by atoms with Crippen LogP contribution in [-0.4, -0.2) is 18.2 Å². The van der Waals surface area contributed by atoms with Gasteiger partial charge in [-0.25, -0.2) is 4.79 Å². The van der Waals surface area contributed by atoms with Crippen molar-refractivity contribution in [2.45, 2.75) is 53.0 Å². The smallest absolute Gasteiger partial charge is 0.337 e. The highest BCUT2D eigenvalue weighted by molar-refractivity contribution is 5.94. The molecule has 2 aromatic rings. The molecular weight excluding hydrogens is 462 g/mol. The largest absolute Gasteiger partial charge is 0.497 e. The van der Waals surface area contributed by atoms with Crippen molar-refractivity contribution in [3.05, 3.63) is 112 Å². The number of carboxylic acid groups (broad SMARTS) is 1. The van der Waals surface area contributed by atoms with Gasteiger partial charge in [0.05, 0.1) is 18.7 Å². The van der Waals surface area contributed by atoms with Gasteiger partial charge in [-0.2, -0.15) is 0 Å². The van der Waals surface area contributed by atoms with Crippen LogP contribution in [0.1, 0.15) is 73.1 Å². The summed E-state index contributed by atoms with van der Waals surface area (Å²) in [5.74, 6) is 1.60. The van der Waals surface area contributed by atoms with Gasteiger partial charge in [-0.15, -0.1) is 0 Å². The Labute approximate surface area is 219 Å². The fourth-order valence-corrected chi connectivity index (χ4v) is 4.83. The van der Waals surface area contributed by atoms with E-state index in [1.807, 2.05) is 25.1 Å². The molecule has 0 fully saturated rings. The molecule has 4 rings (SSSR count). The number of benzene rings is 2. The van der Waals surface area contributed by atoms with Crippen molar-refractivity contribution in [2.75, 3.05) is 12.4 Å². The summed E-state index contributed by atoms with van der Waals surface area (Å²) in [6.45, 7) is 8.35. The lowest BCUT2D eigenvalue weighted by Gasteiger charge is -2.28. The second-order valence-electron chi connectivity index (χ2n) is 9.53. The monoisotopic (exact) mass is 497 g/mol. The van der Waals surface area contributed by atoms with Gasteiger partial charge in [-0.3, -0.25) is 0 Å². The highest BCUT2D eigenvalue weighted by atomic mass is 16.5. The van der Waals surface area contributed by atoms with Crippen LogP contribution in [0.2, 0.25) is 0 Å². The Bertz CT molecular complexity index is 1360. The number of hydrogen-bond acceptors (Lipinski definition) is 4. The molecular formula is C32H35NO4. The number of rotatable bonds is 7. The van der Waals surface area contributed by atoms with E-state index in [9.17, 15) is 9.90 Å². The molecule has 0 bridgehead atoms. The standard InChI is InChI=1S/C32H35NO4/c1-6-10-24-19-30(23-11-9-14-29(36-5)21(3)15-16-23)37-31-26(17-20(2)18-27(24)31)22(4)33-28-13-8-7-12-25(28)32(34)35/h7-14,17-19,22,33H,6,15-16H2,1-5H3,(H,34,35)/b14-9-,23-11+,24-10-,29-21-. The molecule has 2 aliphatic rings. The van der Waals surface area contributed by atoms with Crippen molar-refractivity contribution in [2.24, 2.45) is 0 Å². The first-order chi connectivity index (χ1) is 17.8. The van der Waals surface area contributed by atoms with Crippen molar-refractivity contribution in [1.82, 2.24) is 0 Å². The third kappa shape index (κ3) is 5.72. The quantitative estimate of drug-likeness (QED) is 0.404. The third-order valence-corrected chi connectivity index (χ3v) is 6.76. The summed E-state index contributed by atoms with van der Waals surface area (Å²) < 4.78 is 12.2. The normalized spacial score (nSPS) is 21.4. The van der Waals surface area contributed by atoms with E-state index in [0.29, 0.717) is 5.69 Å². The zero-order valence-electron chi connectivity index (χ0n) is 22.2. The molecule has 0 spiro atoms. The van der Waals surface area contributed by atoms with Gasteiger partial charge in [0.25, 0.3) is 0 Å². The Morgan fingerprint density at radius 1 is 1.22 bits per heavy atom. The van der Waals surface area contributed by atoms with Crippen molar-refractivity contribution >= 4 is 17.2 Å². The van der Waals surface area contributed by atoms with E-state index >= 15 is 0 Å². The van der Waals surface area contributed by atoms with Crippen molar-refractivity contribution in [1.29, 1.82) is 0 Å². The van der Waals surface area contributed by atoms with Gasteiger partial charge in [0.2, 0.25) is 0 Å². The molecule has 2 aromatic carbocycles. The molecule has 192 valence electrons. The lowest BCUT2D eigenvalue weighted by atomic mass is 9.91. The van der Waals surface area contributed by atoms with E-state index in [0.717, 1.165) is 64.4 Å². The minimum atomic E-state index is -0.957. The number of carbonyl (C=O) groups is 1. The number of nitrogens with one attached hydrogen (secondary N) is 1. The molecule has 1 unspecified atom stereocenters. The maximum absolute atomic E-state index is 11.8. The Balaban J connectivity index is 1.74. The lowest BCUT2D eigenvalue weighted by Crippen LogP contribution is -2.15. The van der Waals surface area contributed by atoms with Crippen LogP contribution in [0.5, 0.6) is 5.75 Å². The van der Waals surface area contributed by atoms with E-state index < -0.39 is 5.97 Å². The molecule has 37 heavy (non-hydrogen) atoms. The highest BCUT2D eigenvalue weighted by Gasteiger charge is 2.25. The zero-order chi connectivity index (χ0) is 26.5. The number of aryl methyl sites for hydroxylation is 1. The van der Waals surface area contributed by atoms with Gasteiger partial charge in [-0.05, 0) is 92.7 Å². The topological polar surface area (TPSA) is 67.8 Å². The van der Waals surface area contributed by atoms with Crippen LogP contribution in [0.3, 0.4) is 0 Å². The summed E-state index contributed by atoms with van der Waals surface area (Å²) in [4.78, 5) is 11.8. The Morgan fingerprint density at radius 3 is 2.73 bits per heavy atom. The van der Waals surface area contributed by atoms with Gasteiger partial charge < -0.3 is 19.9 Å². The summed E-state index contributed by atoms with van der Waals surface area (Å²) >= 11 is 0. The molecule has 5 nitrogen and oxygen atoms in total. The lowest BCUT2D eigenvalue weighted by molar-refractivity contribution is 0.0698. The Kier molecular flexibility index (Phi) is 8.02. The average molecular weight is 498 g/mol. The maximum atomic E-state index is 11.8. The Hall–Kier alpha value is -3.99. The predicted octanol–water partition coefficient (Wildman–Crippen LogP) is 8.13. The number of methoxy groups -OCH3 is 1. The summed E-state index contributed by atoms with van der Waals surface area (Å²) in [6, 6.07) is 11.1. The molecule has 1 atom stereocenters. The minimum absolute atomic E-state index is 0.183. The molecule has 1 aliphatic heterocycles. The number of carboxylic acids is 1. The van der Waals surface area contributed by atoms with E-state index in [-0.39, 0.29) is 11.6 Å². The number of ether oxygens (including phenoxy) is 2. The van der Waals surface area contributed by atoms with Gasteiger partial charge in [-0.1, -0.05) is 43.4 Å². The summed E-state index contributed by atoms with van der Waals surface area (Å²) in [7, 11) is 1.70. The molecule has 0 aromatic heterocycles. The Morgan fingerprint density at radius 2 is 2.00 bits per heavy atom. The van der Waals surface area contributed by atoms with Crippen molar-refractivity contribution in [3.8, 4) is 5.75 Å². The highest BCUT2D eigenvalue weighted by Crippen LogP contribution is 2.43. The van der Waals surface area contributed by atoms with Crippen LogP contribution in [0.25, 0.3) is 5.57 Å². The van der Waals surface area contributed by atoms with Crippen molar-refractivity contribution < 1.29 is 19.4 Å². The number of fused-ring (bicyclic) bond motifs is 1. The second-order valence-corrected chi connectivity index (χ2v) is 9.53. The van der Waals surface area contributed by atoms with Gasteiger partial charge in [0, 0.05) is 16.8 Å². The van der Waals surface area contributed by atoms with Crippen LogP contribution >= 0.6 is 0 Å². The van der Waals surface area contributed by atoms with E-state index in [1.165, 1.54) is 5.57 Å². The van der Waals surface area contributed by atoms with Gasteiger partial charge >= 0.3 is 5.97 Å². The first-order valence-corrected chi connectivity index (χ1v) is 12.8. The van der Waals surface area contributed by atoms with E-state index in [4.69, 9.17) is 9.47 Å². The average Bonchev–Trinajstić information content (AvgIpc) is 2.87. The first-order valence-electron chi connectivity index (χ1n) is 12.8. The predicted molar refractivity (Wildman–Crippen MR) is 150 cm³/mol. The fraction of sp³-hybridized carbons (Fsp3) is 0.281. The number of hydrogen-bond donors (Lipinski definition) is 2. The second kappa shape index (κ2) is 11.4. The summed E-state index contributed by atoms with van der Waals surface area (Å²) in [5.41, 5.74) is 7.46. The third-order valence-electron chi connectivity index (χ3n) is 6.76. The summed E-state index contributed by atoms with van der Waals surface area (Å²) in [6.07, 6.45) is 13.1. The number of anilines is 1. The van der Waals surface area contributed by atoms with E-state index in [1.54, 1.807) is 25.3 Å². The SMILES string of the molecule is CC/C=C1C=C(/C2=C/C=C\C(OC)=C(/C)CC2)Oc2c/1cc(C)cc2C(C)Nc1ccccc1C(=O)O. The molecule has 0 radical (unpaired) electrons. The number of allylic oxidation sites excluding steroid dienone is 8. The van der Waals surface area contributed by atoms with Crippen LogP contribution in [0.4, 0.5) is 5.69 Å². The molecule has 1 heterocycles. The van der Waals surface area contributed by atoms with Crippen molar-refractivity contribution in [3.63, 3.8) is 0 Å². The summed E-state index contributed by atoms with van der Waals surface area (Å²) in [5, 5.41) is 13.1.